The lowest BCUT2D eigenvalue weighted by atomic mass is 9.87. The van der Waals surface area contributed by atoms with Gasteiger partial charge in [0.25, 0.3) is 0 Å². The van der Waals surface area contributed by atoms with Gasteiger partial charge in [0.05, 0.1) is 5.60 Å². The normalized spacial score (nSPS) is 24.8. The molecule has 1 fully saturated rings. The largest absolute Gasteiger partial charge is 0.480 e. The maximum Gasteiger partial charge on any atom is 0.326 e. The van der Waals surface area contributed by atoms with Crippen molar-refractivity contribution in [2.75, 3.05) is 13.2 Å². The number of carbonyl (C=O) groups excluding carboxylic acids is 1. The van der Waals surface area contributed by atoms with Crippen LogP contribution in [0.5, 0.6) is 0 Å². The van der Waals surface area contributed by atoms with Crippen LogP contribution in [-0.4, -0.2) is 41.9 Å². The summed E-state index contributed by atoms with van der Waals surface area (Å²) in [6.45, 7) is 8.35. The summed E-state index contributed by atoms with van der Waals surface area (Å²) in [4.78, 5) is 22.9. The van der Waals surface area contributed by atoms with E-state index in [4.69, 9.17) is 9.84 Å². The third-order valence-corrected chi connectivity index (χ3v) is 3.31. The summed E-state index contributed by atoms with van der Waals surface area (Å²) in [5, 5.41) is 14.3. The van der Waals surface area contributed by atoms with Gasteiger partial charge in [0.1, 0.15) is 6.04 Å². The first-order valence-electron chi connectivity index (χ1n) is 6.55. The molecule has 19 heavy (non-hydrogen) atoms. The molecule has 1 aliphatic heterocycles. The van der Waals surface area contributed by atoms with Gasteiger partial charge in [-0.3, -0.25) is 0 Å². The molecule has 1 saturated heterocycles. The van der Waals surface area contributed by atoms with Crippen molar-refractivity contribution in [2.45, 2.75) is 52.2 Å². The third kappa shape index (κ3) is 4.70. The molecule has 0 aliphatic carbocycles. The quantitative estimate of drug-likeness (QED) is 0.721. The second-order valence-corrected chi connectivity index (χ2v) is 6.37. The minimum Gasteiger partial charge on any atom is -0.480 e. The van der Waals surface area contributed by atoms with Crippen LogP contribution in [0.2, 0.25) is 0 Å². The van der Waals surface area contributed by atoms with Crippen LogP contribution in [-0.2, 0) is 9.53 Å². The Balaban J connectivity index is 2.47. The first-order chi connectivity index (χ1) is 8.64. The zero-order valence-corrected chi connectivity index (χ0v) is 12.1. The third-order valence-electron chi connectivity index (χ3n) is 3.31. The molecule has 0 radical (unpaired) electrons. The fourth-order valence-electron chi connectivity index (χ4n) is 2.07. The van der Waals surface area contributed by atoms with Crippen molar-refractivity contribution in [3.63, 3.8) is 0 Å². The van der Waals surface area contributed by atoms with E-state index in [0.717, 1.165) is 12.8 Å². The van der Waals surface area contributed by atoms with E-state index >= 15 is 0 Å². The summed E-state index contributed by atoms with van der Waals surface area (Å²) in [5.41, 5.74) is -0.880. The number of rotatable bonds is 4. The highest BCUT2D eigenvalue weighted by Gasteiger charge is 2.34. The average molecular weight is 272 g/mol. The van der Waals surface area contributed by atoms with E-state index in [0.29, 0.717) is 13.2 Å². The number of carboxylic acids is 1. The Hall–Kier alpha value is -1.30. The topological polar surface area (TPSA) is 87.7 Å². The highest BCUT2D eigenvalue weighted by Crippen LogP contribution is 2.24. The fraction of sp³-hybridized carbons (Fsp3) is 0.846. The lowest BCUT2D eigenvalue weighted by molar-refractivity contribution is -0.141. The molecule has 0 aromatic heterocycles. The molecular weight excluding hydrogens is 248 g/mol. The van der Waals surface area contributed by atoms with Crippen molar-refractivity contribution in [3.05, 3.63) is 0 Å². The van der Waals surface area contributed by atoms with E-state index in [-0.39, 0.29) is 5.60 Å². The Morgan fingerprint density at radius 2 is 2.05 bits per heavy atom. The van der Waals surface area contributed by atoms with Gasteiger partial charge in [-0.25, -0.2) is 9.59 Å². The molecule has 0 aromatic carbocycles. The molecule has 6 heteroatoms. The number of ether oxygens (including phenoxy) is 1. The lowest BCUT2D eigenvalue weighted by Gasteiger charge is -2.29. The molecule has 2 amide bonds. The Labute approximate surface area is 113 Å². The molecule has 0 saturated carbocycles. The first-order valence-corrected chi connectivity index (χ1v) is 6.55. The van der Waals surface area contributed by atoms with Crippen molar-refractivity contribution >= 4 is 12.0 Å². The van der Waals surface area contributed by atoms with Crippen molar-refractivity contribution in [3.8, 4) is 0 Å². The minimum absolute atomic E-state index is 0.336. The molecular formula is C13H24N2O4. The molecule has 1 rings (SSSR count). The van der Waals surface area contributed by atoms with E-state index in [1.165, 1.54) is 0 Å². The number of hydrogen-bond donors (Lipinski definition) is 3. The van der Waals surface area contributed by atoms with Crippen molar-refractivity contribution in [2.24, 2.45) is 5.41 Å². The lowest BCUT2D eigenvalue weighted by Crippen LogP contribution is -2.54. The van der Waals surface area contributed by atoms with Gasteiger partial charge in [-0.05, 0) is 25.2 Å². The second kappa shape index (κ2) is 5.77. The molecule has 1 aliphatic rings. The van der Waals surface area contributed by atoms with Gasteiger partial charge in [0, 0.05) is 13.2 Å². The average Bonchev–Trinajstić information content (AvgIpc) is 2.69. The summed E-state index contributed by atoms with van der Waals surface area (Å²) >= 11 is 0. The number of amides is 2. The van der Waals surface area contributed by atoms with E-state index in [2.05, 4.69) is 10.6 Å². The van der Waals surface area contributed by atoms with Gasteiger partial charge < -0.3 is 20.5 Å². The van der Waals surface area contributed by atoms with Crippen LogP contribution in [0, 0.1) is 5.41 Å². The highest BCUT2D eigenvalue weighted by atomic mass is 16.5. The predicted molar refractivity (Wildman–Crippen MR) is 71.0 cm³/mol. The number of aliphatic carboxylic acids is 1. The van der Waals surface area contributed by atoms with E-state index in [9.17, 15) is 9.59 Å². The number of urea groups is 1. The monoisotopic (exact) mass is 272 g/mol. The van der Waals surface area contributed by atoms with Gasteiger partial charge in [-0.2, -0.15) is 0 Å². The minimum atomic E-state index is -1.04. The van der Waals surface area contributed by atoms with Crippen LogP contribution in [0.25, 0.3) is 0 Å². The molecule has 110 valence electrons. The van der Waals surface area contributed by atoms with Gasteiger partial charge >= 0.3 is 12.0 Å². The second-order valence-electron chi connectivity index (χ2n) is 6.37. The maximum absolute atomic E-state index is 11.8. The van der Waals surface area contributed by atoms with Crippen LogP contribution in [0.15, 0.2) is 0 Å². The summed E-state index contributed by atoms with van der Waals surface area (Å²) in [5.74, 6) is -1.04. The molecule has 2 atom stereocenters. The van der Waals surface area contributed by atoms with Crippen molar-refractivity contribution < 1.29 is 19.4 Å². The molecule has 0 bridgehead atoms. The number of carboxylic acid groups (broad SMARTS) is 1. The predicted octanol–water partition coefficient (Wildman–Crippen LogP) is 1.35. The number of nitrogens with one attached hydrogen (secondary N) is 2. The SMILES string of the molecule is CC1(CNC(=O)NC(C(=O)O)C(C)(C)C)CCCO1. The Morgan fingerprint density at radius 1 is 1.42 bits per heavy atom. The van der Waals surface area contributed by atoms with Crippen LogP contribution in [0.1, 0.15) is 40.5 Å². The smallest absolute Gasteiger partial charge is 0.326 e. The highest BCUT2D eigenvalue weighted by molar-refractivity contribution is 5.83. The summed E-state index contributed by atoms with van der Waals surface area (Å²) in [6.07, 6.45) is 1.88. The van der Waals surface area contributed by atoms with Crippen molar-refractivity contribution in [1.82, 2.24) is 10.6 Å². The zero-order valence-electron chi connectivity index (χ0n) is 12.1. The Kier molecular flexibility index (Phi) is 4.79. The van der Waals surface area contributed by atoms with Gasteiger partial charge in [-0.15, -0.1) is 0 Å². The fourth-order valence-corrected chi connectivity index (χ4v) is 2.07. The number of hydrogen-bond acceptors (Lipinski definition) is 3. The molecule has 2 unspecified atom stereocenters. The van der Waals surface area contributed by atoms with E-state index in [1.54, 1.807) is 20.8 Å². The number of carbonyl (C=O) groups is 2. The maximum atomic E-state index is 11.8. The van der Waals surface area contributed by atoms with E-state index in [1.807, 2.05) is 6.92 Å². The Morgan fingerprint density at radius 3 is 2.47 bits per heavy atom. The van der Waals surface area contributed by atoms with Gasteiger partial charge in [-0.1, -0.05) is 20.8 Å². The van der Waals surface area contributed by atoms with Crippen LogP contribution < -0.4 is 10.6 Å². The molecule has 0 spiro atoms. The van der Waals surface area contributed by atoms with Gasteiger partial charge in [0.15, 0.2) is 0 Å². The van der Waals surface area contributed by atoms with Gasteiger partial charge in [0.2, 0.25) is 0 Å². The van der Waals surface area contributed by atoms with Crippen LogP contribution in [0.4, 0.5) is 4.79 Å². The standard InChI is InChI=1S/C13H24N2O4/c1-12(2,3)9(10(16)17)15-11(18)14-8-13(4)6-5-7-19-13/h9H,5-8H2,1-4H3,(H,16,17)(H2,14,15,18). The molecule has 0 aromatic rings. The molecule has 1 heterocycles. The Bertz CT molecular complexity index is 343. The van der Waals surface area contributed by atoms with E-state index < -0.39 is 23.5 Å². The van der Waals surface area contributed by atoms with Crippen molar-refractivity contribution in [1.29, 1.82) is 0 Å². The van der Waals surface area contributed by atoms with Crippen LogP contribution >= 0.6 is 0 Å². The summed E-state index contributed by atoms with van der Waals surface area (Å²) in [7, 11) is 0. The first kappa shape index (κ1) is 15.8. The molecule has 6 nitrogen and oxygen atoms in total. The summed E-state index contributed by atoms with van der Waals surface area (Å²) < 4.78 is 5.55. The zero-order chi connectivity index (χ0) is 14.7. The summed E-state index contributed by atoms with van der Waals surface area (Å²) in [6, 6.07) is -1.40. The molecule has 3 N–H and O–H groups in total. The van der Waals surface area contributed by atoms with Crippen LogP contribution in [0.3, 0.4) is 0 Å².